The fraction of sp³-hybridized carbons (Fsp3) is 0.484. The number of nitrogens with one attached hydrogen (secondary N) is 4. The van der Waals surface area contributed by atoms with Crippen molar-refractivity contribution < 1.29 is 9.59 Å². The van der Waals surface area contributed by atoms with Crippen LogP contribution in [0.5, 0.6) is 0 Å². The van der Waals surface area contributed by atoms with Crippen LogP contribution in [0.15, 0.2) is 60.2 Å². The number of amides is 2. The summed E-state index contributed by atoms with van der Waals surface area (Å²) in [6.45, 7) is 3.43. The number of aryl methyl sites for hydroxylation is 1. The van der Waals surface area contributed by atoms with E-state index in [4.69, 9.17) is 0 Å². The summed E-state index contributed by atoms with van der Waals surface area (Å²) in [7, 11) is 0. The van der Waals surface area contributed by atoms with Gasteiger partial charge in [0.15, 0.2) is 5.13 Å². The van der Waals surface area contributed by atoms with E-state index >= 15 is 0 Å². The lowest BCUT2D eigenvalue weighted by molar-refractivity contribution is -0.128. The molecule has 0 spiro atoms. The molecular formula is C31H39N7O2S. The summed E-state index contributed by atoms with van der Waals surface area (Å²) >= 11 is 1.43. The van der Waals surface area contributed by atoms with Crippen LogP contribution in [0.25, 0.3) is 0 Å². The number of hydrazine groups is 1. The predicted molar refractivity (Wildman–Crippen MR) is 160 cm³/mol. The molecule has 3 aromatic rings. The summed E-state index contributed by atoms with van der Waals surface area (Å²) in [6, 6.07) is 14.9. The first-order valence-electron chi connectivity index (χ1n) is 14.8. The molecule has 2 saturated heterocycles. The number of aromatic nitrogens is 2. The molecule has 3 fully saturated rings. The number of hydrogen-bond donors (Lipinski definition) is 4. The maximum atomic E-state index is 13.6. The molecule has 6 rings (SSSR count). The van der Waals surface area contributed by atoms with Gasteiger partial charge < -0.3 is 10.6 Å². The monoisotopic (exact) mass is 573 g/mol. The lowest BCUT2D eigenvalue weighted by Crippen LogP contribution is -2.56. The maximum Gasteiger partial charge on any atom is 0.243 e. The Morgan fingerprint density at radius 3 is 2.71 bits per heavy atom. The Balaban J connectivity index is 1.09. The van der Waals surface area contributed by atoms with Crippen molar-refractivity contribution >= 4 is 28.3 Å². The number of piperidine rings is 1. The van der Waals surface area contributed by atoms with Gasteiger partial charge in [0.25, 0.3) is 0 Å². The highest BCUT2D eigenvalue weighted by atomic mass is 32.1. The molecule has 3 aliphatic rings. The predicted octanol–water partition coefficient (Wildman–Crippen LogP) is 3.61. The van der Waals surface area contributed by atoms with E-state index in [0.29, 0.717) is 30.1 Å². The number of anilines is 1. The molecule has 0 bridgehead atoms. The van der Waals surface area contributed by atoms with Gasteiger partial charge in [-0.2, -0.15) is 0 Å². The number of thiazole rings is 1. The Kier molecular flexibility index (Phi) is 8.71. The minimum absolute atomic E-state index is 0.00734. The first-order valence-corrected chi connectivity index (χ1v) is 15.6. The summed E-state index contributed by atoms with van der Waals surface area (Å²) in [5.74, 6) is 0.481. The second-order valence-corrected chi connectivity index (χ2v) is 12.5. The van der Waals surface area contributed by atoms with Crippen molar-refractivity contribution in [3.63, 3.8) is 0 Å². The van der Waals surface area contributed by atoms with E-state index in [0.717, 1.165) is 44.3 Å². The van der Waals surface area contributed by atoms with Crippen LogP contribution in [0.3, 0.4) is 0 Å². The van der Waals surface area contributed by atoms with Gasteiger partial charge in [-0.25, -0.2) is 10.4 Å². The van der Waals surface area contributed by atoms with Crippen LogP contribution in [-0.4, -0.2) is 57.9 Å². The topological polar surface area (TPSA) is 111 Å². The van der Waals surface area contributed by atoms with Crippen molar-refractivity contribution in [1.29, 1.82) is 0 Å². The third-order valence-electron chi connectivity index (χ3n) is 8.93. The summed E-state index contributed by atoms with van der Waals surface area (Å²) in [6.07, 6.45) is 8.61. The van der Waals surface area contributed by atoms with Crippen molar-refractivity contribution in [3.05, 3.63) is 77.1 Å². The molecule has 41 heavy (non-hydrogen) atoms. The molecule has 1 saturated carbocycles. The van der Waals surface area contributed by atoms with Crippen molar-refractivity contribution in [2.75, 3.05) is 18.4 Å². The van der Waals surface area contributed by atoms with E-state index in [2.05, 4.69) is 60.6 Å². The Morgan fingerprint density at radius 1 is 1.02 bits per heavy atom. The Bertz CT molecular complexity index is 1320. The number of rotatable bonds is 8. The van der Waals surface area contributed by atoms with Crippen molar-refractivity contribution in [2.45, 2.75) is 69.6 Å². The minimum atomic E-state index is -0.244. The second-order valence-electron chi connectivity index (χ2n) is 11.6. The van der Waals surface area contributed by atoms with Crippen LogP contribution in [0.2, 0.25) is 0 Å². The van der Waals surface area contributed by atoms with Gasteiger partial charge in [-0.05, 0) is 74.6 Å². The van der Waals surface area contributed by atoms with Crippen LogP contribution < -0.4 is 21.5 Å². The van der Waals surface area contributed by atoms with Crippen LogP contribution >= 0.6 is 11.3 Å². The zero-order chi connectivity index (χ0) is 28.2. The lowest BCUT2D eigenvalue weighted by Gasteiger charge is -2.40. The zero-order valence-electron chi connectivity index (χ0n) is 23.5. The third-order valence-corrected chi connectivity index (χ3v) is 9.62. The normalized spacial score (nSPS) is 28.1. The largest absolute Gasteiger partial charge is 0.352 e. The van der Waals surface area contributed by atoms with Crippen molar-refractivity contribution in [2.24, 2.45) is 11.8 Å². The number of nitrogens with zero attached hydrogens (tertiary/aromatic N) is 3. The van der Waals surface area contributed by atoms with Crippen LogP contribution in [-0.2, 0) is 16.0 Å². The van der Waals surface area contributed by atoms with Gasteiger partial charge in [0.05, 0.1) is 12.1 Å². The fourth-order valence-corrected chi connectivity index (χ4v) is 7.33. The molecular weight excluding hydrogens is 534 g/mol. The fourth-order valence-electron chi connectivity index (χ4n) is 6.80. The van der Waals surface area contributed by atoms with Gasteiger partial charge in [0.1, 0.15) is 0 Å². The van der Waals surface area contributed by atoms with E-state index in [1.54, 1.807) is 6.20 Å². The van der Waals surface area contributed by atoms with E-state index in [1.807, 2.05) is 36.7 Å². The lowest BCUT2D eigenvalue weighted by atomic mass is 9.74. The Hall–Kier alpha value is -3.18. The minimum Gasteiger partial charge on any atom is -0.352 e. The van der Waals surface area contributed by atoms with Crippen LogP contribution in [0.1, 0.15) is 55.0 Å². The molecule has 1 aliphatic carbocycles. The Labute approximate surface area is 245 Å². The van der Waals surface area contributed by atoms with Crippen LogP contribution in [0.4, 0.5) is 5.13 Å². The highest BCUT2D eigenvalue weighted by molar-refractivity contribution is 7.13. The van der Waals surface area contributed by atoms with Gasteiger partial charge in [0.2, 0.25) is 11.8 Å². The summed E-state index contributed by atoms with van der Waals surface area (Å²) in [5, 5.41) is 8.87. The zero-order valence-corrected chi connectivity index (χ0v) is 24.3. The maximum absolute atomic E-state index is 13.6. The van der Waals surface area contributed by atoms with E-state index in [9.17, 15) is 9.59 Å². The molecule has 4 unspecified atom stereocenters. The highest BCUT2D eigenvalue weighted by Gasteiger charge is 2.43. The first kappa shape index (κ1) is 28.0. The number of likely N-dealkylation sites (tertiary alicyclic amines) is 1. The van der Waals surface area contributed by atoms with E-state index in [1.165, 1.54) is 22.5 Å². The molecule has 4 N–H and O–H groups in total. The van der Waals surface area contributed by atoms with Crippen molar-refractivity contribution in [1.82, 2.24) is 31.0 Å². The molecule has 10 heteroatoms. The standard InChI is InChI=1S/C31H39N7O2S/c1-20-17-22(11-13-32-20)28-25-18-23(7-9-26(25)36-37-28)29(39)34-24-8-10-27(30(40)35-31-33-14-16-41-31)38(19-24)15-12-21-5-3-2-4-6-21/h2-6,11,13-14,16-17,23-28,36-37H,7-10,12,15,18-19H2,1H3,(H,34,39)(H,33,35,40)/t23?,24-,25?,26?,27+,28?/m1/s1. The molecule has 4 heterocycles. The molecule has 9 nitrogen and oxygen atoms in total. The van der Waals surface area contributed by atoms with Crippen molar-refractivity contribution in [3.8, 4) is 0 Å². The van der Waals surface area contributed by atoms with Crippen LogP contribution in [0, 0.1) is 18.8 Å². The number of benzene rings is 1. The molecule has 2 amide bonds. The van der Waals surface area contributed by atoms with E-state index in [-0.39, 0.29) is 35.9 Å². The average Bonchev–Trinajstić information content (AvgIpc) is 3.66. The smallest absolute Gasteiger partial charge is 0.243 e. The van der Waals surface area contributed by atoms with Gasteiger partial charge >= 0.3 is 0 Å². The average molecular weight is 574 g/mol. The van der Waals surface area contributed by atoms with E-state index < -0.39 is 0 Å². The third kappa shape index (κ3) is 6.67. The van der Waals surface area contributed by atoms with Gasteiger partial charge in [-0.3, -0.25) is 24.9 Å². The number of pyridine rings is 1. The number of hydrogen-bond acceptors (Lipinski definition) is 8. The van der Waals surface area contributed by atoms with Gasteiger partial charge in [-0.1, -0.05) is 30.3 Å². The SMILES string of the molecule is Cc1cc(C2NNC3CCC(C(=O)N[C@@H]4CC[C@@H](C(=O)Nc5nccs5)N(CCc5ccccc5)C4)CC32)ccn1. The highest BCUT2D eigenvalue weighted by Crippen LogP contribution is 2.40. The summed E-state index contributed by atoms with van der Waals surface area (Å²) in [4.78, 5) is 37.7. The second kappa shape index (κ2) is 12.8. The molecule has 2 aromatic heterocycles. The molecule has 216 valence electrons. The molecule has 1 aromatic carbocycles. The number of carbonyl (C=O) groups excluding carboxylic acids is 2. The van der Waals surface area contributed by atoms with Gasteiger partial charge in [0, 0.05) is 54.6 Å². The quantitative estimate of drug-likeness (QED) is 0.326. The van der Waals surface area contributed by atoms with Gasteiger partial charge in [-0.15, -0.1) is 11.3 Å². The molecule has 6 atom stereocenters. The Morgan fingerprint density at radius 2 is 1.90 bits per heavy atom. The number of carbonyl (C=O) groups is 2. The molecule has 0 radical (unpaired) electrons. The molecule has 2 aliphatic heterocycles. The first-order chi connectivity index (χ1) is 20.0. The summed E-state index contributed by atoms with van der Waals surface area (Å²) < 4.78 is 0. The number of fused-ring (bicyclic) bond motifs is 1. The summed E-state index contributed by atoms with van der Waals surface area (Å²) in [5.41, 5.74) is 10.4.